The monoisotopic (exact) mass is 501 g/mol. The van der Waals surface area contributed by atoms with Crippen molar-refractivity contribution in [2.45, 2.75) is 32.2 Å². The lowest BCUT2D eigenvalue weighted by molar-refractivity contribution is -0.141. The van der Waals surface area contributed by atoms with Crippen molar-refractivity contribution in [3.63, 3.8) is 0 Å². The number of hydrogen-bond donors (Lipinski definition) is 1. The Morgan fingerprint density at radius 1 is 1.17 bits per heavy atom. The number of allylic oxidation sites excluding steroid dienone is 1. The Labute approximate surface area is 209 Å². The van der Waals surface area contributed by atoms with Gasteiger partial charge in [-0.15, -0.1) is 0 Å². The minimum absolute atomic E-state index is 0.0585. The number of para-hydroxylation sites is 1. The van der Waals surface area contributed by atoms with Crippen molar-refractivity contribution in [1.82, 2.24) is 10.2 Å². The third kappa shape index (κ3) is 5.48. The van der Waals surface area contributed by atoms with E-state index in [1.165, 1.54) is 11.8 Å². The second-order valence-corrected chi connectivity index (χ2v) is 9.37. The second-order valence-electron chi connectivity index (χ2n) is 8.53. The zero-order valence-electron chi connectivity index (χ0n) is 20.5. The number of nitrogens with zero attached hydrogens (tertiary/aromatic N) is 2. The number of amides is 1. The van der Waals surface area contributed by atoms with Crippen LogP contribution in [-0.2, 0) is 19.1 Å². The van der Waals surface area contributed by atoms with Crippen LogP contribution in [0.25, 0.3) is 0 Å². The first-order valence-electron chi connectivity index (χ1n) is 11.6. The molecule has 2 aliphatic heterocycles. The van der Waals surface area contributed by atoms with E-state index in [9.17, 15) is 9.59 Å². The summed E-state index contributed by atoms with van der Waals surface area (Å²) in [5.41, 5.74) is 2.40. The van der Waals surface area contributed by atoms with Gasteiger partial charge >= 0.3 is 5.97 Å². The predicted octanol–water partition coefficient (Wildman–Crippen LogP) is 3.38. The summed E-state index contributed by atoms with van der Waals surface area (Å²) in [4.78, 5) is 32.7. The topological polar surface area (TPSA) is 98.7 Å². The number of amidine groups is 1. The van der Waals surface area contributed by atoms with Gasteiger partial charge in [-0.1, -0.05) is 23.9 Å². The van der Waals surface area contributed by atoms with Crippen LogP contribution >= 0.6 is 11.8 Å². The number of hydrogen-bond acceptors (Lipinski definition) is 9. The number of methoxy groups -OCH3 is 3. The van der Waals surface area contributed by atoms with Crippen LogP contribution in [0.4, 0.5) is 0 Å². The van der Waals surface area contributed by atoms with Crippen molar-refractivity contribution in [1.29, 1.82) is 0 Å². The van der Waals surface area contributed by atoms with Crippen molar-refractivity contribution in [2.24, 2.45) is 10.9 Å². The Morgan fingerprint density at radius 3 is 2.66 bits per heavy atom. The summed E-state index contributed by atoms with van der Waals surface area (Å²) in [5, 5.41) is 5.63. The molecule has 3 aliphatic rings. The molecule has 0 radical (unpaired) electrons. The molecule has 1 aromatic rings. The van der Waals surface area contributed by atoms with Gasteiger partial charge in [-0.3, -0.25) is 4.79 Å². The molecule has 1 aliphatic carbocycles. The van der Waals surface area contributed by atoms with Crippen molar-refractivity contribution in [3.05, 3.63) is 46.1 Å². The Balaban J connectivity index is 1.72. The number of thioether (sulfide) groups is 1. The summed E-state index contributed by atoms with van der Waals surface area (Å²) >= 11 is 1.43. The van der Waals surface area contributed by atoms with Gasteiger partial charge < -0.3 is 29.2 Å². The Kier molecular flexibility index (Phi) is 8.02. The third-order valence-corrected chi connectivity index (χ3v) is 6.98. The van der Waals surface area contributed by atoms with Gasteiger partial charge in [-0.25, -0.2) is 9.79 Å². The fourth-order valence-corrected chi connectivity index (χ4v) is 5.12. The van der Waals surface area contributed by atoms with Crippen LogP contribution in [0.1, 0.15) is 37.8 Å². The van der Waals surface area contributed by atoms with E-state index in [0.717, 1.165) is 18.5 Å². The average Bonchev–Trinajstić information content (AvgIpc) is 3.61. The summed E-state index contributed by atoms with van der Waals surface area (Å²) in [6.45, 7) is 2.89. The second kappa shape index (κ2) is 11.2. The van der Waals surface area contributed by atoms with E-state index in [2.05, 4.69) is 10.3 Å². The zero-order chi connectivity index (χ0) is 24.9. The zero-order valence-corrected chi connectivity index (χ0v) is 21.3. The van der Waals surface area contributed by atoms with Crippen LogP contribution in [0, 0.1) is 5.92 Å². The largest absolute Gasteiger partial charge is 0.493 e. The number of nitrogens with one attached hydrogen (secondary N) is 1. The maximum Gasteiger partial charge on any atom is 0.338 e. The number of carbonyl (C=O) groups is 2. The summed E-state index contributed by atoms with van der Waals surface area (Å²) in [5.74, 6) is 1.08. The highest BCUT2D eigenvalue weighted by Crippen LogP contribution is 2.48. The lowest BCUT2D eigenvalue weighted by atomic mass is 9.92. The highest BCUT2D eigenvalue weighted by molar-refractivity contribution is 8.16. The molecule has 0 bridgehead atoms. The molecule has 1 fully saturated rings. The molecule has 0 spiro atoms. The average molecular weight is 502 g/mol. The van der Waals surface area contributed by atoms with E-state index in [1.807, 2.05) is 22.4 Å². The lowest BCUT2D eigenvalue weighted by Crippen LogP contribution is -2.38. The Bertz CT molecular complexity index is 1080. The summed E-state index contributed by atoms with van der Waals surface area (Å²) in [6.07, 6.45) is 2.50. The standard InChI is InChI=1S/C25H31N3O6S/c1-15-21(24(30)34-11-10-31-2)22(18-6-5-7-19(32-3)23(18)33-4)28-17(14-35-25(28)27-15)12-20(29)26-13-16-8-9-16/h5-7,14,16,22H,8-13H2,1-4H3,(H,26,29)/t22-/m1/s1. The fourth-order valence-electron chi connectivity index (χ4n) is 4.15. The molecule has 0 aromatic heterocycles. The Hall–Kier alpha value is -2.98. The number of carbonyl (C=O) groups excluding carboxylic acids is 2. The molecule has 1 atom stereocenters. The number of esters is 1. The lowest BCUT2D eigenvalue weighted by Gasteiger charge is -2.37. The minimum atomic E-state index is -0.611. The maximum atomic E-state index is 13.3. The van der Waals surface area contributed by atoms with Crippen LogP contribution < -0.4 is 14.8 Å². The van der Waals surface area contributed by atoms with Crippen molar-refractivity contribution < 1.29 is 28.5 Å². The maximum absolute atomic E-state index is 13.3. The van der Waals surface area contributed by atoms with Crippen LogP contribution in [0.5, 0.6) is 11.5 Å². The summed E-state index contributed by atoms with van der Waals surface area (Å²) < 4.78 is 21.8. The van der Waals surface area contributed by atoms with Gasteiger partial charge in [0.15, 0.2) is 16.7 Å². The molecule has 4 rings (SSSR count). The number of rotatable bonds is 11. The first-order valence-corrected chi connectivity index (χ1v) is 12.4. The number of fused-ring (bicyclic) bond motifs is 1. The van der Waals surface area contributed by atoms with Gasteiger partial charge in [-0.2, -0.15) is 0 Å². The fraction of sp³-hybridized carbons (Fsp3) is 0.480. The molecule has 2 heterocycles. The molecular formula is C25H31N3O6S. The first-order chi connectivity index (χ1) is 17.0. The van der Waals surface area contributed by atoms with E-state index in [0.29, 0.717) is 46.0 Å². The van der Waals surface area contributed by atoms with Gasteiger partial charge in [0.1, 0.15) is 6.61 Å². The van der Waals surface area contributed by atoms with Gasteiger partial charge in [0.05, 0.1) is 44.6 Å². The molecule has 1 N–H and O–H groups in total. The molecule has 1 saturated carbocycles. The van der Waals surface area contributed by atoms with E-state index in [-0.39, 0.29) is 25.5 Å². The molecule has 1 aromatic carbocycles. The van der Waals surface area contributed by atoms with Crippen molar-refractivity contribution >= 4 is 28.8 Å². The molecule has 1 amide bonds. The summed E-state index contributed by atoms with van der Waals surface area (Å²) in [6, 6.07) is 4.92. The minimum Gasteiger partial charge on any atom is -0.493 e. The summed E-state index contributed by atoms with van der Waals surface area (Å²) in [7, 11) is 4.68. The van der Waals surface area contributed by atoms with Gasteiger partial charge in [0, 0.05) is 24.9 Å². The molecule has 9 nitrogen and oxygen atoms in total. The van der Waals surface area contributed by atoms with Crippen LogP contribution in [0.2, 0.25) is 0 Å². The normalized spacial score (nSPS) is 19.1. The van der Waals surface area contributed by atoms with E-state index < -0.39 is 12.0 Å². The quantitative estimate of drug-likeness (QED) is 0.364. The highest BCUT2D eigenvalue weighted by atomic mass is 32.2. The van der Waals surface area contributed by atoms with Gasteiger partial charge in [0.25, 0.3) is 0 Å². The molecule has 0 unspecified atom stereocenters. The molecule has 0 saturated heterocycles. The molecule has 188 valence electrons. The molecule has 10 heteroatoms. The van der Waals surface area contributed by atoms with Gasteiger partial charge in [0.2, 0.25) is 5.91 Å². The van der Waals surface area contributed by atoms with E-state index in [4.69, 9.17) is 18.9 Å². The van der Waals surface area contributed by atoms with Crippen LogP contribution in [-0.4, -0.2) is 63.0 Å². The predicted molar refractivity (Wildman–Crippen MR) is 133 cm³/mol. The van der Waals surface area contributed by atoms with E-state index in [1.54, 1.807) is 34.3 Å². The number of benzene rings is 1. The SMILES string of the molecule is COCCOC(=O)C1=C(C)N=C2SC=C(CC(=O)NCC3CC3)N2[C@@H]1c1cccc(OC)c1OC. The first kappa shape index (κ1) is 25.1. The van der Waals surface area contributed by atoms with E-state index >= 15 is 0 Å². The molecular weight excluding hydrogens is 470 g/mol. The van der Waals surface area contributed by atoms with Crippen molar-refractivity contribution in [3.8, 4) is 11.5 Å². The van der Waals surface area contributed by atoms with Crippen LogP contribution in [0.15, 0.2) is 45.6 Å². The van der Waals surface area contributed by atoms with Gasteiger partial charge in [-0.05, 0) is 37.2 Å². The third-order valence-electron chi connectivity index (χ3n) is 6.10. The highest BCUT2D eigenvalue weighted by Gasteiger charge is 2.42. The number of aliphatic imine (C=N–C) groups is 1. The van der Waals surface area contributed by atoms with Crippen molar-refractivity contribution in [2.75, 3.05) is 41.1 Å². The smallest absolute Gasteiger partial charge is 0.338 e. The molecule has 35 heavy (non-hydrogen) atoms. The number of ether oxygens (including phenoxy) is 4. The Morgan fingerprint density at radius 2 is 1.97 bits per heavy atom. The van der Waals surface area contributed by atoms with Crippen LogP contribution in [0.3, 0.4) is 0 Å².